The molecular weight excluding hydrogens is 332 g/mol. The Bertz CT molecular complexity index is 884. The average molecular weight is 358 g/mol. The van der Waals surface area contributed by atoms with Gasteiger partial charge >= 0.3 is 5.69 Å². The minimum Gasteiger partial charge on any atom is -0.335 e. The zero-order valence-corrected chi connectivity index (χ0v) is 15.6. The predicted octanol–water partition coefficient (Wildman–Crippen LogP) is 1.14. The molecule has 2 aromatic heterocycles. The third-order valence-corrected chi connectivity index (χ3v) is 5.90. The van der Waals surface area contributed by atoms with Crippen LogP contribution in [-0.2, 0) is 25.8 Å². The van der Waals surface area contributed by atoms with Crippen molar-refractivity contribution in [3.05, 3.63) is 33.3 Å². The fraction of sp³-hybridized carbons (Fsp3) is 0.667. The molecule has 0 bridgehead atoms. The van der Waals surface area contributed by atoms with E-state index >= 15 is 0 Å². The molecule has 1 amide bonds. The van der Waals surface area contributed by atoms with Gasteiger partial charge < -0.3 is 4.90 Å². The number of hydrogen-bond donors (Lipinski definition) is 2. The number of nitrogens with one attached hydrogen (secondary N) is 2. The molecule has 8 heteroatoms. The Kier molecular flexibility index (Phi) is 4.00. The first kappa shape index (κ1) is 17.1. The minimum atomic E-state index is -0.209. The van der Waals surface area contributed by atoms with Gasteiger partial charge in [-0.1, -0.05) is 20.8 Å². The van der Waals surface area contributed by atoms with Gasteiger partial charge in [0.05, 0.1) is 0 Å². The Morgan fingerprint density at radius 1 is 1.12 bits per heavy atom. The summed E-state index contributed by atoms with van der Waals surface area (Å²) >= 11 is 0. The third kappa shape index (κ3) is 2.87. The van der Waals surface area contributed by atoms with E-state index in [-0.39, 0.29) is 17.0 Å². The summed E-state index contributed by atoms with van der Waals surface area (Å²) in [4.78, 5) is 26.7. The summed E-state index contributed by atoms with van der Waals surface area (Å²) in [6.07, 6.45) is 3.54. The van der Waals surface area contributed by atoms with Crippen molar-refractivity contribution in [2.45, 2.75) is 53.0 Å². The zero-order valence-electron chi connectivity index (χ0n) is 15.6. The van der Waals surface area contributed by atoms with Gasteiger partial charge in [-0.15, -0.1) is 0 Å². The Morgan fingerprint density at radius 3 is 2.69 bits per heavy atom. The molecule has 0 spiro atoms. The fourth-order valence-electron chi connectivity index (χ4n) is 4.10. The van der Waals surface area contributed by atoms with Crippen LogP contribution in [0.3, 0.4) is 0 Å². The predicted molar refractivity (Wildman–Crippen MR) is 96.0 cm³/mol. The molecule has 0 radical (unpaired) electrons. The number of nitrogens with zero attached hydrogens (tertiary/aromatic N) is 4. The van der Waals surface area contributed by atoms with Gasteiger partial charge in [-0.25, -0.2) is 9.89 Å². The van der Waals surface area contributed by atoms with Crippen LogP contribution in [0.1, 0.15) is 54.8 Å². The summed E-state index contributed by atoms with van der Waals surface area (Å²) in [6.45, 7) is 8.30. The first-order chi connectivity index (χ1) is 12.3. The van der Waals surface area contributed by atoms with Gasteiger partial charge in [0.25, 0.3) is 5.91 Å². The smallest absolute Gasteiger partial charge is 0.335 e. The first-order valence-corrected chi connectivity index (χ1v) is 9.34. The lowest BCUT2D eigenvalue weighted by Gasteiger charge is -2.34. The van der Waals surface area contributed by atoms with Gasteiger partial charge in [-0.05, 0) is 30.6 Å². The summed E-state index contributed by atoms with van der Waals surface area (Å²) < 4.78 is 1.61. The lowest BCUT2D eigenvalue weighted by atomic mass is 9.71. The zero-order chi connectivity index (χ0) is 18.5. The number of carbonyl (C=O) groups is 1. The first-order valence-electron chi connectivity index (χ1n) is 9.34. The monoisotopic (exact) mass is 358 g/mol. The highest BCUT2D eigenvalue weighted by Gasteiger charge is 2.34. The number of H-pyrrole nitrogens is 2. The number of rotatable bonds is 1. The number of aromatic amines is 2. The van der Waals surface area contributed by atoms with Crippen LogP contribution in [0.4, 0.5) is 0 Å². The van der Waals surface area contributed by atoms with E-state index in [0.29, 0.717) is 43.5 Å². The van der Waals surface area contributed by atoms with Gasteiger partial charge in [-0.2, -0.15) is 10.2 Å². The fourth-order valence-corrected chi connectivity index (χ4v) is 4.10. The number of amides is 1. The van der Waals surface area contributed by atoms with Crippen molar-refractivity contribution >= 4 is 5.91 Å². The normalized spacial score (nSPS) is 20.4. The van der Waals surface area contributed by atoms with Crippen LogP contribution in [0.5, 0.6) is 0 Å². The van der Waals surface area contributed by atoms with Crippen molar-refractivity contribution in [3.8, 4) is 0 Å². The summed E-state index contributed by atoms with van der Waals surface area (Å²) in [5.41, 5.74) is 2.75. The SMILES string of the molecule is CC(C)(C)C1CCc2[nH]nc(C(=O)N3CCc4n[nH]c(=O)n4CC3)c2C1. The van der Waals surface area contributed by atoms with E-state index in [1.54, 1.807) is 9.47 Å². The molecule has 2 aliphatic rings. The lowest BCUT2D eigenvalue weighted by molar-refractivity contribution is 0.0750. The quantitative estimate of drug-likeness (QED) is 0.798. The third-order valence-electron chi connectivity index (χ3n) is 5.90. The second-order valence-electron chi connectivity index (χ2n) is 8.47. The van der Waals surface area contributed by atoms with Crippen LogP contribution < -0.4 is 5.69 Å². The molecule has 0 fully saturated rings. The number of carbonyl (C=O) groups excluding carboxylic acids is 1. The van der Waals surface area contributed by atoms with E-state index in [9.17, 15) is 9.59 Å². The maximum absolute atomic E-state index is 13.1. The number of fused-ring (bicyclic) bond motifs is 2. The van der Waals surface area contributed by atoms with Crippen molar-refractivity contribution in [1.82, 2.24) is 29.9 Å². The van der Waals surface area contributed by atoms with Crippen molar-refractivity contribution in [2.75, 3.05) is 13.1 Å². The van der Waals surface area contributed by atoms with Gasteiger partial charge in [0.1, 0.15) is 5.82 Å². The highest BCUT2D eigenvalue weighted by Crippen LogP contribution is 2.37. The lowest BCUT2D eigenvalue weighted by Crippen LogP contribution is -2.36. The van der Waals surface area contributed by atoms with Crippen molar-refractivity contribution in [2.24, 2.45) is 11.3 Å². The Labute approximate surface area is 152 Å². The molecule has 3 heterocycles. The van der Waals surface area contributed by atoms with Gasteiger partial charge in [-0.3, -0.25) is 14.5 Å². The average Bonchev–Trinajstić information content (AvgIpc) is 3.10. The van der Waals surface area contributed by atoms with Gasteiger partial charge in [0, 0.05) is 37.3 Å². The van der Waals surface area contributed by atoms with Gasteiger partial charge in [0.2, 0.25) is 0 Å². The van der Waals surface area contributed by atoms with E-state index in [0.717, 1.165) is 30.5 Å². The molecule has 0 aromatic carbocycles. The second kappa shape index (κ2) is 6.10. The highest BCUT2D eigenvalue weighted by molar-refractivity contribution is 5.94. The summed E-state index contributed by atoms with van der Waals surface area (Å²) in [6, 6.07) is 0. The molecule has 2 N–H and O–H groups in total. The molecule has 140 valence electrons. The van der Waals surface area contributed by atoms with Crippen LogP contribution in [0, 0.1) is 11.3 Å². The maximum Gasteiger partial charge on any atom is 0.343 e. The summed E-state index contributed by atoms with van der Waals surface area (Å²) in [5, 5.41) is 14.0. The minimum absolute atomic E-state index is 0.0424. The van der Waals surface area contributed by atoms with Crippen LogP contribution in [0.15, 0.2) is 4.79 Å². The molecule has 1 aliphatic heterocycles. The molecule has 8 nitrogen and oxygen atoms in total. The Morgan fingerprint density at radius 2 is 1.92 bits per heavy atom. The summed E-state index contributed by atoms with van der Waals surface area (Å²) in [5.74, 6) is 1.22. The summed E-state index contributed by atoms with van der Waals surface area (Å²) in [7, 11) is 0. The largest absolute Gasteiger partial charge is 0.343 e. The standard InChI is InChI=1S/C18H26N6O2/c1-18(2,3)11-4-5-13-12(10-11)15(21-19-13)16(25)23-7-6-14-20-22-17(26)24(14)9-8-23/h11H,4-10H2,1-3H3,(H,19,21)(H,22,26). The molecular formula is C18H26N6O2. The molecule has 4 rings (SSSR count). The second-order valence-corrected chi connectivity index (χ2v) is 8.47. The van der Waals surface area contributed by atoms with E-state index < -0.39 is 0 Å². The van der Waals surface area contributed by atoms with Gasteiger partial charge in [0.15, 0.2) is 5.69 Å². The van der Waals surface area contributed by atoms with Crippen molar-refractivity contribution in [3.63, 3.8) is 0 Å². The van der Waals surface area contributed by atoms with E-state index in [1.165, 1.54) is 0 Å². The number of aryl methyl sites for hydroxylation is 1. The maximum atomic E-state index is 13.1. The molecule has 26 heavy (non-hydrogen) atoms. The van der Waals surface area contributed by atoms with E-state index in [1.807, 2.05) is 0 Å². The van der Waals surface area contributed by atoms with Crippen LogP contribution in [0.2, 0.25) is 0 Å². The van der Waals surface area contributed by atoms with Crippen molar-refractivity contribution < 1.29 is 4.79 Å². The Hall–Kier alpha value is -2.38. The molecule has 0 saturated carbocycles. The topological polar surface area (TPSA) is 99.7 Å². The molecule has 2 aromatic rings. The molecule has 1 atom stereocenters. The van der Waals surface area contributed by atoms with E-state index in [2.05, 4.69) is 41.2 Å². The van der Waals surface area contributed by atoms with E-state index in [4.69, 9.17) is 0 Å². The molecule has 1 aliphatic carbocycles. The van der Waals surface area contributed by atoms with Crippen molar-refractivity contribution in [1.29, 1.82) is 0 Å². The van der Waals surface area contributed by atoms with Crippen LogP contribution in [0.25, 0.3) is 0 Å². The Balaban J connectivity index is 1.55. The molecule has 1 unspecified atom stereocenters. The van der Waals surface area contributed by atoms with Crippen LogP contribution >= 0.6 is 0 Å². The highest BCUT2D eigenvalue weighted by atomic mass is 16.2. The number of hydrogen-bond acceptors (Lipinski definition) is 4. The van der Waals surface area contributed by atoms with Crippen LogP contribution in [-0.4, -0.2) is 48.9 Å². The number of aromatic nitrogens is 5. The molecule has 0 saturated heterocycles.